The van der Waals surface area contributed by atoms with Crippen molar-refractivity contribution in [3.05, 3.63) is 95.0 Å². The first-order valence-corrected chi connectivity index (χ1v) is 9.17. The van der Waals surface area contributed by atoms with Gasteiger partial charge < -0.3 is 15.2 Å². The van der Waals surface area contributed by atoms with Crippen LogP contribution < -0.4 is 10.4 Å². The normalized spacial score (nSPS) is 10.7. The van der Waals surface area contributed by atoms with Crippen LogP contribution in [0, 0.1) is 0 Å². The first kappa shape index (κ1) is 18.7. The molecule has 142 valence electrons. The molecule has 1 aromatic heterocycles. The van der Waals surface area contributed by atoms with Gasteiger partial charge in [0.2, 0.25) is 0 Å². The van der Waals surface area contributed by atoms with E-state index in [1.165, 1.54) is 12.1 Å². The molecule has 4 aromatic rings. The molecule has 29 heavy (non-hydrogen) atoms. The maximum absolute atomic E-state index is 13.0. The Hall–Kier alpha value is -3.70. The van der Waals surface area contributed by atoms with Gasteiger partial charge in [0.05, 0.1) is 22.7 Å². The molecule has 0 unspecified atom stereocenters. The van der Waals surface area contributed by atoms with Gasteiger partial charge in [0.15, 0.2) is 0 Å². The van der Waals surface area contributed by atoms with Crippen LogP contribution in [0.4, 0.5) is 5.69 Å². The molecule has 0 aliphatic carbocycles. The molecule has 0 radical (unpaired) electrons. The van der Waals surface area contributed by atoms with Gasteiger partial charge in [-0.25, -0.2) is 4.98 Å². The number of rotatable bonds is 4. The van der Waals surface area contributed by atoms with Crippen LogP contribution in [0.25, 0.3) is 22.2 Å². The lowest BCUT2D eigenvalue weighted by molar-refractivity contribution is -0.255. The average Bonchev–Trinajstić information content (AvgIpc) is 2.73. The number of para-hydroxylation sites is 1. The SMILES string of the molecule is O=C([O-])c1cccc(NC(=O)c2cc(-c3cccc(Cl)c3)nc3ccccc23)c1. The highest BCUT2D eigenvalue weighted by molar-refractivity contribution is 6.30. The van der Waals surface area contributed by atoms with E-state index in [1.54, 1.807) is 30.3 Å². The molecule has 6 heteroatoms. The Kier molecular flexibility index (Phi) is 4.97. The third kappa shape index (κ3) is 3.95. The van der Waals surface area contributed by atoms with E-state index in [1.807, 2.05) is 36.4 Å². The Balaban J connectivity index is 1.78. The van der Waals surface area contributed by atoms with Crippen molar-refractivity contribution < 1.29 is 14.7 Å². The Bertz CT molecular complexity index is 1250. The number of aromatic carboxylic acids is 1. The molecular weight excluding hydrogens is 388 g/mol. The maximum Gasteiger partial charge on any atom is 0.256 e. The smallest absolute Gasteiger partial charge is 0.256 e. The van der Waals surface area contributed by atoms with Gasteiger partial charge in [-0.05, 0) is 42.0 Å². The van der Waals surface area contributed by atoms with Crippen LogP contribution in [0.1, 0.15) is 20.7 Å². The van der Waals surface area contributed by atoms with Crippen LogP contribution in [0.3, 0.4) is 0 Å². The minimum Gasteiger partial charge on any atom is -0.545 e. The van der Waals surface area contributed by atoms with Crippen molar-refractivity contribution in [3.8, 4) is 11.3 Å². The third-order valence-electron chi connectivity index (χ3n) is 4.44. The lowest BCUT2D eigenvalue weighted by Gasteiger charge is -2.12. The number of carboxylic acids is 1. The van der Waals surface area contributed by atoms with Crippen molar-refractivity contribution in [2.24, 2.45) is 0 Å². The first-order chi connectivity index (χ1) is 14.0. The number of amides is 1. The molecule has 1 heterocycles. The zero-order valence-electron chi connectivity index (χ0n) is 15.1. The highest BCUT2D eigenvalue weighted by atomic mass is 35.5. The van der Waals surface area contributed by atoms with Crippen LogP contribution in [-0.2, 0) is 0 Å². The van der Waals surface area contributed by atoms with Gasteiger partial charge in [-0.15, -0.1) is 0 Å². The number of hydrogen-bond acceptors (Lipinski definition) is 4. The standard InChI is InChI=1S/C23H15ClN2O3/c24-16-7-3-5-14(11-16)21-13-19(18-9-1-2-10-20(18)26-21)22(27)25-17-8-4-6-15(12-17)23(28)29/h1-13H,(H,25,27)(H,28,29)/p-1. The number of hydrogen-bond donors (Lipinski definition) is 1. The summed E-state index contributed by atoms with van der Waals surface area (Å²) in [7, 11) is 0. The molecule has 5 nitrogen and oxygen atoms in total. The number of carbonyl (C=O) groups excluding carboxylic acids is 2. The van der Waals surface area contributed by atoms with E-state index in [0.29, 0.717) is 32.9 Å². The van der Waals surface area contributed by atoms with Crippen LogP contribution in [0.2, 0.25) is 5.02 Å². The summed E-state index contributed by atoms with van der Waals surface area (Å²) in [5, 5.41) is 15.1. The number of aromatic nitrogens is 1. The quantitative estimate of drug-likeness (QED) is 0.556. The topological polar surface area (TPSA) is 82.1 Å². The number of pyridine rings is 1. The summed E-state index contributed by atoms with van der Waals surface area (Å²) in [5.74, 6) is -1.68. The molecule has 0 fully saturated rings. The summed E-state index contributed by atoms with van der Waals surface area (Å²) in [6, 6.07) is 22.2. The molecule has 0 aliphatic rings. The molecule has 0 saturated carbocycles. The van der Waals surface area contributed by atoms with E-state index in [0.717, 1.165) is 5.56 Å². The van der Waals surface area contributed by atoms with Crippen molar-refractivity contribution in [2.75, 3.05) is 5.32 Å². The van der Waals surface area contributed by atoms with Crippen molar-refractivity contribution >= 4 is 40.1 Å². The highest BCUT2D eigenvalue weighted by Gasteiger charge is 2.14. The Morgan fingerprint density at radius 1 is 0.897 bits per heavy atom. The van der Waals surface area contributed by atoms with Crippen molar-refractivity contribution in [1.82, 2.24) is 4.98 Å². The van der Waals surface area contributed by atoms with Gasteiger partial charge in [-0.1, -0.05) is 54.1 Å². The van der Waals surface area contributed by atoms with E-state index in [9.17, 15) is 14.7 Å². The number of carbonyl (C=O) groups is 2. The second-order valence-corrected chi connectivity index (χ2v) is 6.84. The zero-order chi connectivity index (χ0) is 20.4. The van der Waals surface area contributed by atoms with Gasteiger partial charge >= 0.3 is 0 Å². The van der Waals surface area contributed by atoms with E-state index in [-0.39, 0.29) is 11.5 Å². The molecule has 4 rings (SSSR count). The van der Waals surface area contributed by atoms with Gasteiger partial charge in [0.1, 0.15) is 0 Å². The van der Waals surface area contributed by atoms with Crippen molar-refractivity contribution in [2.45, 2.75) is 0 Å². The maximum atomic E-state index is 13.0. The summed E-state index contributed by atoms with van der Waals surface area (Å²) < 4.78 is 0. The fourth-order valence-corrected chi connectivity index (χ4v) is 3.27. The minimum absolute atomic E-state index is 0.0120. The molecule has 0 saturated heterocycles. The number of benzene rings is 3. The summed E-state index contributed by atoms with van der Waals surface area (Å²) in [4.78, 5) is 28.8. The van der Waals surface area contributed by atoms with Gasteiger partial charge in [0.25, 0.3) is 5.91 Å². The molecule has 0 aliphatic heterocycles. The van der Waals surface area contributed by atoms with Crippen molar-refractivity contribution in [3.63, 3.8) is 0 Å². The molecule has 1 amide bonds. The minimum atomic E-state index is -1.31. The van der Waals surface area contributed by atoms with E-state index < -0.39 is 5.97 Å². The number of nitrogens with one attached hydrogen (secondary N) is 1. The van der Waals surface area contributed by atoms with E-state index >= 15 is 0 Å². The lowest BCUT2D eigenvalue weighted by atomic mass is 10.0. The fourth-order valence-electron chi connectivity index (χ4n) is 3.08. The van der Waals surface area contributed by atoms with Crippen LogP contribution in [-0.4, -0.2) is 16.9 Å². The summed E-state index contributed by atoms with van der Waals surface area (Å²) >= 11 is 6.10. The monoisotopic (exact) mass is 401 g/mol. The average molecular weight is 402 g/mol. The summed E-state index contributed by atoms with van der Waals surface area (Å²) in [5.41, 5.74) is 2.84. The largest absolute Gasteiger partial charge is 0.545 e. The third-order valence-corrected chi connectivity index (χ3v) is 4.67. The van der Waals surface area contributed by atoms with E-state index in [4.69, 9.17) is 11.6 Å². The molecule has 0 atom stereocenters. The van der Waals surface area contributed by atoms with Gasteiger partial charge in [-0.2, -0.15) is 0 Å². The number of halogens is 1. The van der Waals surface area contributed by atoms with Gasteiger partial charge in [0, 0.05) is 21.7 Å². The van der Waals surface area contributed by atoms with Crippen LogP contribution >= 0.6 is 11.6 Å². The Morgan fingerprint density at radius 3 is 2.48 bits per heavy atom. The van der Waals surface area contributed by atoms with Crippen molar-refractivity contribution in [1.29, 1.82) is 0 Å². The number of fused-ring (bicyclic) bond motifs is 1. The summed E-state index contributed by atoms with van der Waals surface area (Å²) in [6.45, 7) is 0. The van der Waals surface area contributed by atoms with Gasteiger partial charge in [-0.3, -0.25) is 4.79 Å². The lowest BCUT2D eigenvalue weighted by Crippen LogP contribution is -2.22. The summed E-state index contributed by atoms with van der Waals surface area (Å²) in [6.07, 6.45) is 0. The predicted octanol–water partition coefficient (Wildman–Crippen LogP) is 4.17. The molecule has 0 bridgehead atoms. The molecule has 3 aromatic carbocycles. The molecule has 0 spiro atoms. The van der Waals surface area contributed by atoms with Crippen LogP contribution in [0.5, 0.6) is 0 Å². The number of nitrogens with zero attached hydrogens (tertiary/aromatic N) is 1. The molecular formula is C23H14ClN2O3-. The first-order valence-electron chi connectivity index (χ1n) is 8.80. The Morgan fingerprint density at radius 2 is 1.69 bits per heavy atom. The Labute approximate surface area is 171 Å². The number of carboxylic acid groups (broad SMARTS) is 1. The second kappa shape index (κ2) is 7.73. The zero-order valence-corrected chi connectivity index (χ0v) is 15.8. The van der Waals surface area contributed by atoms with E-state index in [2.05, 4.69) is 10.3 Å². The molecule has 1 N–H and O–H groups in total. The van der Waals surface area contributed by atoms with Crippen LogP contribution in [0.15, 0.2) is 78.9 Å². The predicted molar refractivity (Wildman–Crippen MR) is 111 cm³/mol. The second-order valence-electron chi connectivity index (χ2n) is 6.40. The highest BCUT2D eigenvalue weighted by Crippen LogP contribution is 2.27. The fraction of sp³-hybridized carbons (Fsp3) is 0. The number of anilines is 1.